The fourth-order valence-electron chi connectivity index (χ4n) is 1.96. The molecule has 0 saturated carbocycles. The third kappa shape index (κ3) is 1.50. The number of aryl methyl sites for hydroxylation is 1. The monoisotopic (exact) mass is 206 g/mol. The summed E-state index contributed by atoms with van der Waals surface area (Å²) >= 11 is 0. The van der Waals surface area contributed by atoms with Gasteiger partial charge in [0, 0.05) is 24.6 Å². The van der Waals surface area contributed by atoms with Gasteiger partial charge in [0.2, 0.25) is 0 Å². The van der Waals surface area contributed by atoms with E-state index in [1.165, 1.54) is 0 Å². The first-order chi connectivity index (χ1) is 7.00. The van der Waals surface area contributed by atoms with E-state index in [-0.39, 0.29) is 17.5 Å². The van der Waals surface area contributed by atoms with Crippen molar-refractivity contribution in [3.8, 4) is 0 Å². The second-order valence-electron chi connectivity index (χ2n) is 4.15. The average molecular weight is 206 g/mol. The van der Waals surface area contributed by atoms with E-state index < -0.39 is 0 Å². The summed E-state index contributed by atoms with van der Waals surface area (Å²) in [7, 11) is 0. The van der Waals surface area contributed by atoms with Crippen LogP contribution in [0.2, 0.25) is 0 Å². The van der Waals surface area contributed by atoms with E-state index in [9.17, 15) is 9.59 Å². The Morgan fingerprint density at radius 3 is 2.73 bits per heavy atom. The molecule has 15 heavy (non-hydrogen) atoms. The van der Waals surface area contributed by atoms with E-state index in [4.69, 9.17) is 0 Å². The predicted molar refractivity (Wildman–Crippen MR) is 54.8 cm³/mol. The van der Waals surface area contributed by atoms with Gasteiger partial charge in [0.25, 0.3) is 0 Å². The molecule has 4 nitrogen and oxygen atoms in total. The minimum atomic E-state index is -0.169. The summed E-state index contributed by atoms with van der Waals surface area (Å²) in [5.74, 6) is 0.414. The molecule has 0 N–H and O–H groups in total. The van der Waals surface area contributed by atoms with E-state index in [0.717, 1.165) is 11.4 Å². The van der Waals surface area contributed by atoms with Crippen LogP contribution in [0.25, 0.3) is 0 Å². The summed E-state index contributed by atoms with van der Waals surface area (Å²) in [6.07, 6.45) is 0.311. The van der Waals surface area contributed by atoms with E-state index >= 15 is 0 Å². The third-order valence-corrected chi connectivity index (χ3v) is 3.12. The summed E-state index contributed by atoms with van der Waals surface area (Å²) in [5, 5.41) is 0. The Morgan fingerprint density at radius 2 is 2.13 bits per heavy atom. The number of Topliss-reactive ketones (excluding diaryl/α,β-unsaturated/α-hetero) is 2. The fraction of sp³-hybridized carbons (Fsp3) is 0.545. The molecule has 1 aromatic rings. The molecule has 2 rings (SSSR count). The quantitative estimate of drug-likeness (QED) is 0.695. The molecule has 1 aliphatic heterocycles. The van der Waals surface area contributed by atoms with Gasteiger partial charge in [0.1, 0.15) is 5.78 Å². The molecule has 0 amide bonds. The van der Waals surface area contributed by atoms with Gasteiger partial charge in [-0.15, -0.1) is 0 Å². The van der Waals surface area contributed by atoms with E-state index in [1.54, 1.807) is 6.92 Å². The van der Waals surface area contributed by atoms with Crippen molar-refractivity contribution < 1.29 is 9.59 Å². The lowest BCUT2D eigenvalue weighted by atomic mass is 9.95. The van der Waals surface area contributed by atoms with Crippen LogP contribution in [0.1, 0.15) is 35.4 Å². The third-order valence-electron chi connectivity index (χ3n) is 3.12. The van der Waals surface area contributed by atoms with Crippen LogP contribution in [0.3, 0.4) is 0 Å². The lowest BCUT2D eigenvalue weighted by molar-refractivity contribution is -0.121. The molecule has 0 aliphatic carbocycles. The molecular formula is C11H14N2O2. The van der Waals surface area contributed by atoms with E-state index in [1.807, 2.05) is 18.4 Å². The molecule has 80 valence electrons. The van der Waals surface area contributed by atoms with Gasteiger partial charge in [-0.1, -0.05) is 0 Å². The number of ketones is 2. The normalized spacial score (nSPS) is 20.2. The van der Waals surface area contributed by atoms with Crippen molar-refractivity contribution in [3.05, 3.63) is 17.2 Å². The molecule has 1 unspecified atom stereocenters. The number of hydrogen-bond acceptors (Lipinski definition) is 3. The number of carbonyl (C=O) groups excluding carboxylic acids is 2. The standard InChI is InChI=1S/C11H14N2O2/c1-6-7(2)13-5-9(8(3)14)4-10(15)11(13)12-6/h9H,4-5H2,1-3H3. The fourth-order valence-corrected chi connectivity index (χ4v) is 1.96. The maximum Gasteiger partial charge on any atom is 0.199 e. The van der Waals surface area contributed by atoms with Crippen LogP contribution in [-0.2, 0) is 11.3 Å². The van der Waals surface area contributed by atoms with Crippen LogP contribution >= 0.6 is 0 Å². The summed E-state index contributed by atoms with van der Waals surface area (Å²) < 4.78 is 1.87. The number of nitrogens with zero attached hydrogens (tertiary/aromatic N) is 2. The van der Waals surface area contributed by atoms with Crippen LogP contribution in [0.5, 0.6) is 0 Å². The Balaban J connectivity index is 2.46. The number of hydrogen-bond donors (Lipinski definition) is 0. The highest BCUT2D eigenvalue weighted by Crippen LogP contribution is 2.23. The maximum atomic E-state index is 11.7. The summed E-state index contributed by atoms with van der Waals surface area (Å²) in [6.45, 7) is 5.96. The SMILES string of the molecule is CC(=O)C1CC(=O)c2nc(C)c(C)n2C1. The zero-order valence-corrected chi connectivity index (χ0v) is 9.20. The van der Waals surface area contributed by atoms with Gasteiger partial charge >= 0.3 is 0 Å². The van der Waals surface area contributed by atoms with Gasteiger partial charge in [-0.3, -0.25) is 9.59 Å². The van der Waals surface area contributed by atoms with Gasteiger partial charge in [-0.25, -0.2) is 4.98 Å². The van der Waals surface area contributed by atoms with E-state index in [0.29, 0.717) is 18.8 Å². The number of fused-ring (bicyclic) bond motifs is 1. The number of aromatic nitrogens is 2. The highest BCUT2D eigenvalue weighted by atomic mass is 16.1. The molecular weight excluding hydrogens is 192 g/mol. The van der Waals surface area contributed by atoms with Crippen molar-refractivity contribution in [1.82, 2.24) is 9.55 Å². The second kappa shape index (κ2) is 3.29. The molecule has 0 bridgehead atoms. The average Bonchev–Trinajstić information content (AvgIpc) is 2.45. The first kappa shape index (κ1) is 10.1. The molecule has 0 spiro atoms. The first-order valence-corrected chi connectivity index (χ1v) is 5.08. The highest BCUT2D eigenvalue weighted by molar-refractivity contribution is 5.97. The number of carbonyl (C=O) groups is 2. The molecule has 1 aliphatic rings. The predicted octanol–water partition coefficient (Wildman–Crippen LogP) is 1.29. The minimum Gasteiger partial charge on any atom is -0.325 e. The molecule has 0 fully saturated rings. The van der Waals surface area contributed by atoms with Crippen LogP contribution in [0.15, 0.2) is 0 Å². The maximum absolute atomic E-state index is 11.7. The van der Waals surface area contributed by atoms with Crippen molar-refractivity contribution in [2.24, 2.45) is 5.92 Å². The summed E-state index contributed by atoms with van der Waals surface area (Å²) in [6, 6.07) is 0. The largest absolute Gasteiger partial charge is 0.325 e. The first-order valence-electron chi connectivity index (χ1n) is 5.08. The van der Waals surface area contributed by atoms with Crippen molar-refractivity contribution in [2.75, 3.05) is 0 Å². The van der Waals surface area contributed by atoms with Crippen molar-refractivity contribution in [2.45, 2.75) is 33.7 Å². The molecule has 0 saturated heterocycles. The van der Waals surface area contributed by atoms with Crippen molar-refractivity contribution >= 4 is 11.6 Å². The Bertz CT molecular complexity index is 446. The zero-order valence-electron chi connectivity index (χ0n) is 9.20. The number of rotatable bonds is 1. The lowest BCUT2D eigenvalue weighted by Gasteiger charge is -2.21. The van der Waals surface area contributed by atoms with Crippen molar-refractivity contribution in [1.29, 1.82) is 0 Å². The van der Waals surface area contributed by atoms with Gasteiger partial charge in [0.15, 0.2) is 11.6 Å². The van der Waals surface area contributed by atoms with Crippen LogP contribution < -0.4 is 0 Å². The molecule has 4 heteroatoms. The van der Waals surface area contributed by atoms with Gasteiger partial charge in [0.05, 0.1) is 5.69 Å². The Kier molecular flexibility index (Phi) is 2.21. The smallest absolute Gasteiger partial charge is 0.199 e. The second-order valence-corrected chi connectivity index (χ2v) is 4.15. The number of imidazole rings is 1. The molecule has 1 atom stereocenters. The molecule has 1 aromatic heterocycles. The Hall–Kier alpha value is -1.45. The minimum absolute atomic E-state index is 0.0161. The van der Waals surface area contributed by atoms with Gasteiger partial charge in [-0.05, 0) is 20.8 Å². The van der Waals surface area contributed by atoms with E-state index in [2.05, 4.69) is 4.98 Å². The highest BCUT2D eigenvalue weighted by Gasteiger charge is 2.30. The lowest BCUT2D eigenvalue weighted by Crippen LogP contribution is -2.30. The van der Waals surface area contributed by atoms with Gasteiger partial charge in [-0.2, -0.15) is 0 Å². The van der Waals surface area contributed by atoms with Crippen LogP contribution in [-0.4, -0.2) is 21.1 Å². The van der Waals surface area contributed by atoms with Crippen LogP contribution in [0, 0.1) is 19.8 Å². The Labute approximate surface area is 88.3 Å². The van der Waals surface area contributed by atoms with Gasteiger partial charge < -0.3 is 4.57 Å². The molecule has 0 radical (unpaired) electrons. The summed E-state index contributed by atoms with van der Waals surface area (Å²) in [4.78, 5) is 27.2. The molecule has 0 aromatic carbocycles. The topological polar surface area (TPSA) is 52.0 Å². The Morgan fingerprint density at radius 1 is 1.47 bits per heavy atom. The van der Waals surface area contributed by atoms with Crippen molar-refractivity contribution in [3.63, 3.8) is 0 Å². The zero-order chi connectivity index (χ0) is 11.2. The summed E-state index contributed by atoms with van der Waals surface area (Å²) in [5.41, 5.74) is 1.87. The molecule has 2 heterocycles. The van der Waals surface area contributed by atoms with Crippen LogP contribution in [0.4, 0.5) is 0 Å².